The van der Waals surface area contributed by atoms with Crippen LogP contribution in [-0.4, -0.2) is 15.0 Å². The molecule has 0 spiro atoms. The lowest BCUT2D eigenvalue weighted by molar-refractivity contribution is 1.17. The lowest BCUT2D eigenvalue weighted by Crippen LogP contribution is -1.97. The predicted molar refractivity (Wildman–Crippen MR) is 79.5 cm³/mol. The summed E-state index contributed by atoms with van der Waals surface area (Å²) in [5.74, 6) is 0.552. The molecule has 0 aliphatic carbocycles. The van der Waals surface area contributed by atoms with Crippen LogP contribution in [0.1, 0.15) is 0 Å². The molecular weight excluding hydrogens is 250 g/mol. The molecule has 20 heavy (non-hydrogen) atoms. The molecule has 2 heterocycles. The molecule has 5 heteroatoms. The summed E-state index contributed by atoms with van der Waals surface area (Å²) in [6.07, 6.45) is 5.18. The summed E-state index contributed by atoms with van der Waals surface area (Å²) in [5.41, 5.74) is 15.4. The van der Waals surface area contributed by atoms with Crippen molar-refractivity contribution in [2.75, 3.05) is 11.5 Å². The van der Waals surface area contributed by atoms with E-state index in [-0.39, 0.29) is 0 Å². The van der Waals surface area contributed by atoms with Gasteiger partial charge in [-0.25, -0.2) is 9.97 Å². The highest BCUT2D eigenvalue weighted by Gasteiger charge is 2.08. The van der Waals surface area contributed by atoms with Gasteiger partial charge in [0, 0.05) is 41.1 Å². The first-order valence-corrected chi connectivity index (χ1v) is 6.13. The van der Waals surface area contributed by atoms with Gasteiger partial charge in [0.1, 0.15) is 0 Å². The highest BCUT2D eigenvalue weighted by molar-refractivity contribution is 5.76. The molecule has 0 aliphatic heterocycles. The molecule has 2 aromatic heterocycles. The van der Waals surface area contributed by atoms with Gasteiger partial charge in [0.25, 0.3) is 0 Å². The third-order valence-corrected chi connectivity index (χ3v) is 2.93. The van der Waals surface area contributed by atoms with Crippen molar-refractivity contribution >= 4 is 11.4 Å². The number of pyridine rings is 1. The largest absolute Gasteiger partial charge is 0.399 e. The topological polar surface area (TPSA) is 90.7 Å². The molecule has 0 aliphatic rings. The predicted octanol–water partition coefficient (Wildman–Crippen LogP) is 2.37. The van der Waals surface area contributed by atoms with Crippen molar-refractivity contribution in [1.29, 1.82) is 0 Å². The number of benzene rings is 1. The number of anilines is 2. The molecule has 0 fully saturated rings. The van der Waals surface area contributed by atoms with E-state index in [1.165, 1.54) is 0 Å². The van der Waals surface area contributed by atoms with Gasteiger partial charge in [-0.05, 0) is 36.4 Å². The van der Waals surface area contributed by atoms with Crippen molar-refractivity contribution in [3.8, 4) is 22.6 Å². The van der Waals surface area contributed by atoms with Gasteiger partial charge in [-0.1, -0.05) is 0 Å². The van der Waals surface area contributed by atoms with E-state index in [1.54, 1.807) is 36.8 Å². The van der Waals surface area contributed by atoms with Gasteiger partial charge in [0.15, 0.2) is 5.82 Å². The number of nitrogens with zero attached hydrogens (tertiary/aromatic N) is 3. The molecule has 3 aromatic rings. The summed E-state index contributed by atoms with van der Waals surface area (Å²) in [6.45, 7) is 0. The smallest absolute Gasteiger partial charge is 0.161 e. The maximum atomic E-state index is 5.96. The first kappa shape index (κ1) is 12.1. The number of aromatic nitrogens is 3. The molecule has 0 saturated carbocycles. The molecular formula is C15H13N5. The Balaban J connectivity index is 2.10. The van der Waals surface area contributed by atoms with E-state index in [0.717, 1.165) is 16.8 Å². The number of hydrogen-bond donors (Lipinski definition) is 2. The zero-order valence-corrected chi connectivity index (χ0v) is 10.7. The van der Waals surface area contributed by atoms with Gasteiger partial charge in [-0.2, -0.15) is 0 Å². The Kier molecular flexibility index (Phi) is 3.01. The van der Waals surface area contributed by atoms with Crippen LogP contribution in [0.4, 0.5) is 11.4 Å². The van der Waals surface area contributed by atoms with Crippen LogP contribution in [0.2, 0.25) is 0 Å². The van der Waals surface area contributed by atoms with Crippen molar-refractivity contribution < 1.29 is 0 Å². The molecule has 0 saturated heterocycles. The van der Waals surface area contributed by atoms with E-state index in [9.17, 15) is 0 Å². The van der Waals surface area contributed by atoms with Crippen LogP contribution in [-0.2, 0) is 0 Å². The Morgan fingerprint density at radius 3 is 2.65 bits per heavy atom. The van der Waals surface area contributed by atoms with E-state index < -0.39 is 0 Å². The van der Waals surface area contributed by atoms with Crippen LogP contribution in [0.15, 0.2) is 55.0 Å². The SMILES string of the molecule is Nc1ccc(N)c(-c2nccc(-c3cccnc3)n2)c1. The number of nitrogen functional groups attached to an aromatic ring is 2. The zero-order valence-electron chi connectivity index (χ0n) is 10.7. The monoisotopic (exact) mass is 263 g/mol. The average molecular weight is 263 g/mol. The molecule has 1 aromatic carbocycles. The molecule has 0 bridgehead atoms. The van der Waals surface area contributed by atoms with Gasteiger partial charge in [-0.3, -0.25) is 4.98 Å². The van der Waals surface area contributed by atoms with Crippen molar-refractivity contribution in [1.82, 2.24) is 15.0 Å². The van der Waals surface area contributed by atoms with E-state index >= 15 is 0 Å². The number of nitrogens with two attached hydrogens (primary N) is 2. The fraction of sp³-hybridized carbons (Fsp3) is 0. The molecule has 0 amide bonds. The van der Waals surface area contributed by atoms with Crippen LogP contribution < -0.4 is 11.5 Å². The Hall–Kier alpha value is -2.95. The first-order chi connectivity index (χ1) is 9.74. The minimum Gasteiger partial charge on any atom is -0.399 e. The summed E-state index contributed by atoms with van der Waals surface area (Å²) in [7, 11) is 0. The zero-order chi connectivity index (χ0) is 13.9. The molecule has 4 N–H and O–H groups in total. The summed E-state index contributed by atoms with van der Waals surface area (Å²) in [5, 5.41) is 0. The molecule has 3 rings (SSSR count). The minimum absolute atomic E-state index is 0.552. The highest BCUT2D eigenvalue weighted by atomic mass is 14.9. The van der Waals surface area contributed by atoms with Crippen LogP contribution in [0.25, 0.3) is 22.6 Å². The van der Waals surface area contributed by atoms with Crippen molar-refractivity contribution in [3.05, 3.63) is 55.0 Å². The van der Waals surface area contributed by atoms with E-state index in [2.05, 4.69) is 15.0 Å². The normalized spacial score (nSPS) is 10.4. The molecule has 98 valence electrons. The lowest BCUT2D eigenvalue weighted by Gasteiger charge is -2.07. The standard InChI is InChI=1S/C15H13N5/c16-11-3-4-13(17)12(8-11)15-19-7-5-14(20-15)10-2-1-6-18-9-10/h1-9H,16-17H2. The second kappa shape index (κ2) is 4.97. The molecule has 0 atom stereocenters. The summed E-state index contributed by atoms with van der Waals surface area (Å²) >= 11 is 0. The fourth-order valence-corrected chi connectivity index (χ4v) is 1.93. The summed E-state index contributed by atoms with van der Waals surface area (Å²) < 4.78 is 0. The third-order valence-electron chi connectivity index (χ3n) is 2.93. The number of rotatable bonds is 2. The first-order valence-electron chi connectivity index (χ1n) is 6.13. The minimum atomic E-state index is 0.552. The molecule has 5 nitrogen and oxygen atoms in total. The third kappa shape index (κ3) is 2.29. The van der Waals surface area contributed by atoms with Gasteiger partial charge in [0.2, 0.25) is 0 Å². The summed E-state index contributed by atoms with van der Waals surface area (Å²) in [6, 6.07) is 10.9. The van der Waals surface area contributed by atoms with Crippen LogP contribution in [0.5, 0.6) is 0 Å². The Morgan fingerprint density at radius 1 is 0.950 bits per heavy atom. The molecule has 0 radical (unpaired) electrons. The second-order valence-electron chi connectivity index (χ2n) is 4.35. The van der Waals surface area contributed by atoms with E-state index in [0.29, 0.717) is 17.2 Å². The Labute approximate surface area is 116 Å². The van der Waals surface area contributed by atoms with Crippen molar-refractivity contribution in [2.45, 2.75) is 0 Å². The molecule has 0 unspecified atom stereocenters. The maximum absolute atomic E-state index is 5.96. The van der Waals surface area contributed by atoms with Crippen molar-refractivity contribution in [3.63, 3.8) is 0 Å². The maximum Gasteiger partial charge on any atom is 0.161 e. The quantitative estimate of drug-likeness (QED) is 0.693. The summed E-state index contributed by atoms with van der Waals surface area (Å²) in [4.78, 5) is 12.9. The fourth-order valence-electron chi connectivity index (χ4n) is 1.93. The Morgan fingerprint density at radius 2 is 1.85 bits per heavy atom. The van der Waals surface area contributed by atoms with Gasteiger partial charge in [-0.15, -0.1) is 0 Å². The van der Waals surface area contributed by atoms with Gasteiger partial charge < -0.3 is 11.5 Å². The van der Waals surface area contributed by atoms with Crippen LogP contribution >= 0.6 is 0 Å². The van der Waals surface area contributed by atoms with Crippen molar-refractivity contribution in [2.24, 2.45) is 0 Å². The van der Waals surface area contributed by atoms with Crippen LogP contribution in [0, 0.1) is 0 Å². The van der Waals surface area contributed by atoms with E-state index in [1.807, 2.05) is 18.2 Å². The number of hydrogen-bond acceptors (Lipinski definition) is 5. The highest BCUT2D eigenvalue weighted by Crippen LogP contribution is 2.26. The van der Waals surface area contributed by atoms with Gasteiger partial charge in [0.05, 0.1) is 5.69 Å². The second-order valence-corrected chi connectivity index (χ2v) is 4.35. The lowest BCUT2D eigenvalue weighted by atomic mass is 10.1. The Bertz CT molecular complexity index is 740. The van der Waals surface area contributed by atoms with E-state index in [4.69, 9.17) is 11.5 Å². The average Bonchev–Trinajstić information content (AvgIpc) is 2.51. The van der Waals surface area contributed by atoms with Crippen LogP contribution in [0.3, 0.4) is 0 Å². The van der Waals surface area contributed by atoms with Gasteiger partial charge >= 0.3 is 0 Å².